The van der Waals surface area contributed by atoms with Gasteiger partial charge in [0, 0.05) is 12.0 Å². The molecule has 0 saturated carbocycles. The molecule has 0 aliphatic carbocycles. The Hall–Kier alpha value is -2.90. The second kappa shape index (κ2) is 10.2. The number of esters is 3. The van der Waals surface area contributed by atoms with Crippen molar-refractivity contribution >= 4 is 23.8 Å². The van der Waals surface area contributed by atoms with Crippen LogP contribution in [0.25, 0.3) is 0 Å². The lowest BCUT2D eigenvalue weighted by atomic mass is 9.99. The maximum absolute atomic E-state index is 12.4. The van der Waals surface area contributed by atoms with Crippen LogP contribution in [0.2, 0.25) is 0 Å². The van der Waals surface area contributed by atoms with Gasteiger partial charge in [-0.1, -0.05) is 18.2 Å². The summed E-state index contributed by atoms with van der Waals surface area (Å²) in [5.41, 5.74) is 0.322. The molecule has 1 atom stereocenters. The highest BCUT2D eigenvalue weighted by molar-refractivity contribution is 5.98. The van der Waals surface area contributed by atoms with Crippen LogP contribution in [-0.4, -0.2) is 50.2 Å². The number of amides is 1. The van der Waals surface area contributed by atoms with E-state index in [4.69, 9.17) is 4.74 Å². The lowest BCUT2D eigenvalue weighted by molar-refractivity contribution is -0.160. The average Bonchev–Trinajstić information content (AvgIpc) is 2.63. The molecule has 0 aromatic heterocycles. The number of nitrogens with one attached hydrogen (secondary N) is 1. The summed E-state index contributed by atoms with van der Waals surface area (Å²) in [6.07, 6.45) is -0.781. The van der Waals surface area contributed by atoms with Crippen LogP contribution in [0.1, 0.15) is 30.6 Å². The Balaban J connectivity index is 3.03. The van der Waals surface area contributed by atoms with Crippen molar-refractivity contribution in [2.24, 2.45) is 5.92 Å². The minimum Gasteiger partial charge on any atom is -0.468 e. The number of methoxy groups -OCH3 is 2. The van der Waals surface area contributed by atoms with E-state index >= 15 is 0 Å². The Morgan fingerprint density at radius 2 is 1.46 bits per heavy atom. The molecule has 0 heterocycles. The first-order valence-corrected chi connectivity index (χ1v) is 8.02. The Bertz CT molecular complexity index is 626. The van der Waals surface area contributed by atoms with Crippen molar-refractivity contribution in [1.82, 2.24) is 5.32 Å². The highest BCUT2D eigenvalue weighted by atomic mass is 16.5. The summed E-state index contributed by atoms with van der Waals surface area (Å²) in [7, 11) is 2.23. The molecule has 8 heteroatoms. The SMILES string of the molecule is COC(=O)C(CC(NC(=O)c1ccccc1)C(=O)OC(C)C)C(=O)OC. The van der Waals surface area contributed by atoms with Gasteiger partial charge in [-0.05, 0) is 26.0 Å². The number of benzene rings is 1. The average molecular weight is 365 g/mol. The molecular formula is C18H23NO7. The molecule has 1 aromatic carbocycles. The van der Waals surface area contributed by atoms with Crippen LogP contribution in [-0.2, 0) is 28.6 Å². The first-order valence-electron chi connectivity index (χ1n) is 8.02. The second-order valence-corrected chi connectivity index (χ2v) is 5.71. The number of ether oxygens (including phenoxy) is 3. The molecule has 0 bridgehead atoms. The maximum atomic E-state index is 12.4. The van der Waals surface area contributed by atoms with E-state index in [0.717, 1.165) is 14.2 Å². The summed E-state index contributed by atoms with van der Waals surface area (Å²) in [6.45, 7) is 3.29. The van der Waals surface area contributed by atoms with Crippen LogP contribution < -0.4 is 5.32 Å². The largest absolute Gasteiger partial charge is 0.468 e. The molecule has 0 spiro atoms. The molecule has 1 aromatic rings. The molecule has 0 fully saturated rings. The quantitative estimate of drug-likeness (QED) is 0.417. The van der Waals surface area contributed by atoms with E-state index in [0.29, 0.717) is 5.56 Å². The monoisotopic (exact) mass is 365 g/mol. The smallest absolute Gasteiger partial charge is 0.328 e. The van der Waals surface area contributed by atoms with Crippen molar-refractivity contribution in [1.29, 1.82) is 0 Å². The third-order valence-electron chi connectivity index (χ3n) is 3.42. The summed E-state index contributed by atoms with van der Waals surface area (Å²) in [4.78, 5) is 48.4. The van der Waals surface area contributed by atoms with Crippen molar-refractivity contribution in [2.75, 3.05) is 14.2 Å². The summed E-state index contributed by atoms with van der Waals surface area (Å²) in [6, 6.07) is 6.99. The van der Waals surface area contributed by atoms with Crippen LogP contribution in [0.4, 0.5) is 0 Å². The second-order valence-electron chi connectivity index (χ2n) is 5.71. The van der Waals surface area contributed by atoms with Crippen LogP contribution >= 0.6 is 0 Å². The predicted octanol–water partition coefficient (Wildman–Crippen LogP) is 1.09. The molecule has 8 nitrogen and oxygen atoms in total. The first-order chi connectivity index (χ1) is 12.3. The van der Waals surface area contributed by atoms with Gasteiger partial charge in [-0.3, -0.25) is 14.4 Å². The molecule has 0 saturated heterocycles. The summed E-state index contributed by atoms with van der Waals surface area (Å²) in [5.74, 6) is -4.40. The molecule has 1 rings (SSSR count). The maximum Gasteiger partial charge on any atom is 0.328 e. The molecule has 0 radical (unpaired) electrons. The third kappa shape index (κ3) is 6.19. The lowest BCUT2D eigenvalue weighted by Gasteiger charge is -2.22. The van der Waals surface area contributed by atoms with Crippen molar-refractivity contribution in [2.45, 2.75) is 32.4 Å². The fraction of sp³-hybridized carbons (Fsp3) is 0.444. The fourth-order valence-corrected chi connectivity index (χ4v) is 2.17. The fourth-order valence-electron chi connectivity index (χ4n) is 2.17. The number of hydrogen-bond donors (Lipinski definition) is 1. The van der Waals surface area contributed by atoms with E-state index in [-0.39, 0.29) is 6.42 Å². The van der Waals surface area contributed by atoms with Gasteiger partial charge in [0.1, 0.15) is 6.04 Å². The van der Waals surface area contributed by atoms with Gasteiger partial charge in [0.05, 0.1) is 20.3 Å². The van der Waals surface area contributed by atoms with E-state index in [2.05, 4.69) is 14.8 Å². The van der Waals surface area contributed by atoms with Crippen LogP contribution in [0.5, 0.6) is 0 Å². The number of rotatable bonds is 8. The highest BCUT2D eigenvalue weighted by Crippen LogP contribution is 2.14. The Morgan fingerprint density at radius 1 is 0.923 bits per heavy atom. The zero-order valence-electron chi connectivity index (χ0n) is 15.2. The van der Waals surface area contributed by atoms with E-state index in [1.54, 1.807) is 44.2 Å². The standard InChI is InChI=1S/C18H23NO7/c1-11(2)26-18(23)14(10-13(16(21)24-3)17(22)25-4)19-15(20)12-8-6-5-7-9-12/h5-9,11,13-14H,10H2,1-4H3,(H,19,20). The van der Waals surface area contributed by atoms with Gasteiger partial charge in [0.25, 0.3) is 5.91 Å². The Kier molecular flexibility index (Phi) is 8.27. The van der Waals surface area contributed by atoms with Gasteiger partial charge in [-0.25, -0.2) is 4.79 Å². The molecular weight excluding hydrogens is 342 g/mol. The minimum absolute atomic E-state index is 0.322. The summed E-state index contributed by atoms with van der Waals surface area (Å²) >= 11 is 0. The van der Waals surface area contributed by atoms with Crippen LogP contribution in [0, 0.1) is 5.92 Å². The topological polar surface area (TPSA) is 108 Å². The molecule has 26 heavy (non-hydrogen) atoms. The normalized spacial score (nSPS) is 11.6. The van der Waals surface area contributed by atoms with Crippen molar-refractivity contribution < 1.29 is 33.4 Å². The van der Waals surface area contributed by atoms with Gasteiger partial charge in [0.2, 0.25) is 0 Å². The molecule has 0 aliphatic heterocycles. The van der Waals surface area contributed by atoms with Gasteiger partial charge < -0.3 is 19.5 Å². The number of carbonyl (C=O) groups excluding carboxylic acids is 4. The van der Waals surface area contributed by atoms with Gasteiger partial charge in [0.15, 0.2) is 5.92 Å². The van der Waals surface area contributed by atoms with Crippen molar-refractivity contribution in [3.63, 3.8) is 0 Å². The molecule has 142 valence electrons. The Labute approximate surface area is 151 Å². The molecule has 0 aliphatic rings. The zero-order chi connectivity index (χ0) is 19.7. The number of carbonyl (C=O) groups is 4. The van der Waals surface area contributed by atoms with Gasteiger partial charge >= 0.3 is 17.9 Å². The van der Waals surface area contributed by atoms with Crippen molar-refractivity contribution in [3.8, 4) is 0 Å². The van der Waals surface area contributed by atoms with Gasteiger partial charge in [-0.15, -0.1) is 0 Å². The minimum atomic E-state index is -1.37. The summed E-state index contributed by atoms with van der Waals surface area (Å²) in [5, 5.41) is 2.50. The first kappa shape index (κ1) is 21.1. The predicted molar refractivity (Wildman–Crippen MR) is 91.1 cm³/mol. The van der Waals surface area contributed by atoms with E-state index in [1.165, 1.54) is 0 Å². The van der Waals surface area contributed by atoms with E-state index in [9.17, 15) is 19.2 Å². The van der Waals surface area contributed by atoms with E-state index in [1.807, 2.05) is 0 Å². The molecule has 1 N–H and O–H groups in total. The molecule has 1 amide bonds. The van der Waals surface area contributed by atoms with E-state index < -0.39 is 41.9 Å². The van der Waals surface area contributed by atoms with Crippen LogP contribution in [0.15, 0.2) is 30.3 Å². The Morgan fingerprint density at radius 3 is 1.92 bits per heavy atom. The van der Waals surface area contributed by atoms with Crippen molar-refractivity contribution in [3.05, 3.63) is 35.9 Å². The molecule has 1 unspecified atom stereocenters. The highest BCUT2D eigenvalue weighted by Gasteiger charge is 2.36. The zero-order valence-corrected chi connectivity index (χ0v) is 15.2. The lowest BCUT2D eigenvalue weighted by Crippen LogP contribution is -2.46. The summed E-state index contributed by atoms with van der Waals surface area (Å²) < 4.78 is 14.3. The third-order valence-corrected chi connectivity index (χ3v) is 3.42. The van der Waals surface area contributed by atoms with Crippen LogP contribution in [0.3, 0.4) is 0 Å². The number of hydrogen-bond acceptors (Lipinski definition) is 7. The van der Waals surface area contributed by atoms with Gasteiger partial charge in [-0.2, -0.15) is 0 Å².